The smallest absolute Gasteiger partial charge is 0.342 e. The topological polar surface area (TPSA) is 104 Å². The lowest BCUT2D eigenvalue weighted by molar-refractivity contribution is -0.385. The van der Waals surface area contributed by atoms with Crippen LogP contribution in [-0.4, -0.2) is 35.6 Å². The lowest BCUT2D eigenvalue weighted by atomic mass is 10.1. The molecule has 0 aliphatic carbocycles. The van der Waals surface area contributed by atoms with Crippen LogP contribution in [0.25, 0.3) is 0 Å². The van der Waals surface area contributed by atoms with Crippen LogP contribution in [0.4, 0.5) is 11.4 Å². The molecule has 0 heterocycles. The molecule has 0 spiro atoms. The summed E-state index contributed by atoms with van der Waals surface area (Å²) in [6, 6.07) is 4.02. The summed E-state index contributed by atoms with van der Waals surface area (Å²) in [6.45, 7) is 4.44. The molecular weight excluding hydrogens is 250 g/mol. The third-order valence-electron chi connectivity index (χ3n) is 2.53. The van der Waals surface area contributed by atoms with Gasteiger partial charge in [0.25, 0.3) is 5.69 Å². The first-order chi connectivity index (χ1) is 9.06. The van der Waals surface area contributed by atoms with Crippen molar-refractivity contribution in [3.05, 3.63) is 33.9 Å². The molecule has 0 fully saturated rings. The van der Waals surface area contributed by atoms with Crippen LogP contribution < -0.4 is 10.6 Å². The molecule has 0 radical (unpaired) electrons. The summed E-state index contributed by atoms with van der Waals surface area (Å²) in [5.41, 5.74) is -0.152. The number of nitrogens with zero attached hydrogens (tertiary/aromatic N) is 1. The van der Waals surface area contributed by atoms with E-state index in [2.05, 4.69) is 10.6 Å². The molecule has 1 rings (SSSR count). The minimum atomic E-state index is -1.30. The predicted octanol–water partition coefficient (Wildman–Crippen LogP) is 1.70. The Kier molecular flexibility index (Phi) is 5.74. The average molecular weight is 267 g/mol. The number of carboxylic acid groups (broad SMARTS) is 1. The van der Waals surface area contributed by atoms with Crippen molar-refractivity contribution in [1.82, 2.24) is 5.32 Å². The van der Waals surface area contributed by atoms with Crippen molar-refractivity contribution in [2.24, 2.45) is 0 Å². The van der Waals surface area contributed by atoms with Crippen LogP contribution in [0, 0.1) is 10.1 Å². The highest BCUT2D eigenvalue weighted by molar-refractivity contribution is 5.93. The maximum atomic E-state index is 10.8. The fourth-order valence-electron chi connectivity index (χ4n) is 1.60. The fourth-order valence-corrected chi connectivity index (χ4v) is 1.60. The molecule has 3 N–H and O–H groups in total. The van der Waals surface area contributed by atoms with E-state index >= 15 is 0 Å². The van der Waals surface area contributed by atoms with Crippen LogP contribution >= 0.6 is 0 Å². The Morgan fingerprint density at radius 1 is 1.42 bits per heavy atom. The minimum absolute atomic E-state index is 0.303. The third-order valence-corrected chi connectivity index (χ3v) is 2.53. The molecule has 104 valence electrons. The van der Waals surface area contributed by atoms with E-state index in [0.717, 1.165) is 19.5 Å². The van der Waals surface area contributed by atoms with E-state index < -0.39 is 16.6 Å². The van der Waals surface area contributed by atoms with Crippen molar-refractivity contribution in [2.45, 2.75) is 13.3 Å². The first-order valence-electron chi connectivity index (χ1n) is 6.02. The van der Waals surface area contributed by atoms with Crippen LogP contribution in [0.15, 0.2) is 18.2 Å². The predicted molar refractivity (Wildman–Crippen MR) is 71.7 cm³/mol. The van der Waals surface area contributed by atoms with Crippen molar-refractivity contribution in [3.63, 3.8) is 0 Å². The largest absolute Gasteiger partial charge is 0.477 e. The standard InChI is InChI=1S/C12H17N3O4/c1-2-13-6-3-7-14-9-4-5-10(12(16)17)11(8-9)15(18)19/h4-5,8,13-14H,2-3,6-7H2,1H3,(H,16,17). The van der Waals surface area contributed by atoms with E-state index in [1.54, 1.807) is 0 Å². The zero-order chi connectivity index (χ0) is 14.3. The third kappa shape index (κ3) is 4.55. The van der Waals surface area contributed by atoms with E-state index in [1.807, 2.05) is 6.92 Å². The number of nitro benzene ring substituents is 1. The summed E-state index contributed by atoms with van der Waals surface area (Å²) in [5.74, 6) is -1.30. The monoisotopic (exact) mass is 267 g/mol. The van der Waals surface area contributed by atoms with Crippen LogP contribution in [0.2, 0.25) is 0 Å². The summed E-state index contributed by atoms with van der Waals surface area (Å²) in [6.07, 6.45) is 0.877. The maximum Gasteiger partial charge on any atom is 0.342 e. The summed E-state index contributed by atoms with van der Waals surface area (Å²) in [7, 11) is 0. The van der Waals surface area contributed by atoms with Gasteiger partial charge in [-0.2, -0.15) is 0 Å². The van der Waals surface area contributed by atoms with Gasteiger partial charge in [0.15, 0.2) is 0 Å². The maximum absolute atomic E-state index is 10.8. The Labute approximate surface area is 110 Å². The average Bonchev–Trinajstić information content (AvgIpc) is 2.38. The van der Waals surface area contributed by atoms with Gasteiger partial charge in [-0.1, -0.05) is 6.92 Å². The highest BCUT2D eigenvalue weighted by Gasteiger charge is 2.19. The van der Waals surface area contributed by atoms with Gasteiger partial charge in [0.1, 0.15) is 5.56 Å². The number of nitrogens with one attached hydrogen (secondary N) is 2. The first-order valence-corrected chi connectivity index (χ1v) is 6.02. The number of nitro groups is 1. The number of hydrogen-bond acceptors (Lipinski definition) is 5. The first kappa shape index (κ1) is 14.9. The Bertz CT molecular complexity index is 462. The molecule has 0 amide bonds. The van der Waals surface area contributed by atoms with E-state index in [0.29, 0.717) is 12.2 Å². The zero-order valence-electron chi connectivity index (χ0n) is 10.7. The van der Waals surface area contributed by atoms with E-state index in [-0.39, 0.29) is 5.56 Å². The molecule has 0 saturated heterocycles. The van der Waals surface area contributed by atoms with Crippen molar-refractivity contribution in [1.29, 1.82) is 0 Å². The lowest BCUT2D eigenvalue weighted by Gasteiger charge is -2.07. The number of rotatable bonds is 8. The zero-order valence-corrected chi connectivity index (χ0v) is 10.7. The van der Waals surface area contributed by atoms with Gasteiger partial charge in [-0.05, 0) is 31.6 Å². The Hall–Kier alpha value is -2.15. The lowest BCUT2D eigenvalue weighted by Crippen LogP contribution is -2.17. The van der Waals surface area contributed by atoms with Crippen LogP contribution in [-0.2, 0) is 0 Å². The number of carboxylic acids is 1. The summed E-state index contributed by atoms with van der Waals surface area (Å²) >= 11 is 0. The molecule has 19 heavy (non-hydrogen) atoms. The fraction of sp³-hybridized carbons (Fsp3) is 0.417. The van der Waals surface area contributed by atoms with Crippen molar-refractivity contribution in [3.8, 4) is 0 Å². The molecule has 0 aliphatic heterocycles. The second-order valence-corrected chi connectivity index (χ2v) is 3.93. The second kappa shape index (κ2) is 7.32. The Balaban J connectivity index is 2.68. The van der Waals surface area contributed by atoms with Gasteiger partial charge in [-0.25, -0.2) is 4.79 Å². The van der Waals surface area contributed by atoms with Gasteiger partial charge in [0, 0.05) is 18.3 Å². The molecule has 7 heteroatoms. The number of anilines is 1. The highest BCUT2D eigenvalue weighted by atomic mass is 16.6. The molecule has 0 atom stereocenters. The molecule has 0 aromatic heterocycles. The second-order valence-electron chi connectivity index (χ2n) is 3.93. The number of benzene rings is 1. The van der Waals surface area contributed by atoms with E-state index in [9.17, 15) is 14.9 Å². The highest BCUT2D eigenvalue weighted by Crippen LogP contribution is 2.23. The SMILES string of the molecule is CCNCCCNc1ccc(C(=O)O)c([N+](=O)[O-])c1. The summed E-state index contributed by atoms with van der Waals surface area (Å²) in [4.78, 5) is 20.9. The number of hydrogen-bond donors (Lipinski definition) is 3. The van der Waals surface area contributed by atoms with Crippen LogP contribution in [0.1, 0.15) is 23.7 Å². The molecule has 0 aliphatic rings. The molecule has 1 aromatic rings. The van der Waals surface area contributed by atoms with Crippen molar-refractivity contribution in [2.75, 3.05) is 25.0 Å². The van der Waals surface area contributed by atoms with Gasteiger partial charge in [-0.15, -0.1) is 0 Å². The number of carbonyl (C=O) groups is 1. The van der Waals surface area contributed by atoms with Gasteiger partial charge in [-0.3, -0.25) is 10.1 Å². The summed E-state index contributed by atoms with van der Waals surface area (Å²) in [5, 5.41) is 25.8. The van der Waals surface area contributed by atoms with Gasteiger partial charge in [0.2, 0.25) is 0 Å². The van der Waals surface area contributed by atoms with Gasteiger partial charge >= 0.3 is 5.97 Å². The Morgan fingerprint density at radius 2 is 2.16 bits per heavy atom. The van der Waals surface area contributed by atoms with E-state index in [4.69, 9.17) is 5.11 Å². The van der Waals surface area contributed by atoms with Crippen LogP contribution in [0.3, 0.4) is 0 Å². The van der Waals surface area contributed by atoms with Gasteiger partial charge in [0.05, 0.1) is 4.92 Å². The molecule has 0 saturated carbocycles. The molecule has 0 unspecified atom stereocenters. The van der Waals surface area contributed by atoms with Crippen molar-refractivity contribution >= 4 is 17.3 Å². The number of aromatic carboxylic acids is 1. The molecular formula is C12H17N3O4. The quantitative estimate of drug-likeness (QED) is 0.376. The summed E-state index contributed by atoms with van der Waals surface area (Å²) < 4.78 is 0. The van der Waals surface area contributed by atoms with E-state index in [1.165, 1.54) is 18.2 Å². The molecule has 7 nitrogen and oxygen atoms in total. The molecule has 0 bridgehead atoms. The van der Waals surface area contributed by atoms with Crippen LogP contribution in [0.5, 0.6) is 0 Å². The minimum Gasteiger partial charge on any atom is -0.477 e. The normalized spacial score (nSPS) is 10.2. The van der Waals surface area contributed by atoms with Crippen molar-refractivity contribution < 1.29 is 14.8 Å². The van der Waals surface area contributed by atoms with Gasteiger partial charge < -0.3 is 15.7 Å². The Morgan fingerprint density at radius 3 is 2.74 bits per heavy atom. The molecule has 1 aromatic carbocycles.